The lowest BCUT2D eigenvalue weighted by molar-refractivity contribution is 0.516. The van der Waals surface area contributed by atoms with Gasteiger partial charge >= 0.3 is 0 Å². The zero-order valence-electron chi connectivity index (χ0n) is 11.1. The van der Waals surface area contributed by atoms with Crippen LogP contribution in [0, 0.1) is 25.5 Å². The van der Waals surface area contributed by atoms with Gasteiger partial charge in [0.05, 0.1) is 0 Å². The fourth-order valence-electron chi connectivity index (χ4n) is 1.83. The molecular formula is C14H16F2N2S. The maximum absolute atomic E-state index is 13.8. The average Bonchev–Trinajstić information content (AvgIpc) is 2.77. The van der Waals surface area contributed by atoms with Crippen LogP contribution in [0.5, 0.6) is 0 Å². The molecule has 2 nitrogen and oxygen atoms in total. The molecule has 0 radical (unpaired) electrons. The SMILES string of the molecule is Cc1cnc(CNC(C)c2cc(F)c(C)cc2F)s1. The minimum absolute atomic E-state index is 0.265. The number of hydrogen-bond donors (Lipinski definition) is 1. The predicted octanol–water partition coefficient (Wildman–Crippen LogP) is 3.89. The molecule has 0 amide bonds. The fourth-order valence-corrected chi connectivity index (χ4v) is 2.57. The van der Waals surface area contributed by atoms with Crippen LogP contribution in [0.4, 0.5) is 8.78 Å². The molecule has 0 spiro atoms. The summed E-state index contributed by atoms with van der Waals surface area (Å²) in [6.07, 6.45) is 1.80. The van der Waals surface area contributed by atoms with Crippen molar-refractivity contribution in [2.24, 2.45) is 0 Å². The molecule has 0 aliphatic rings. The first-order valence-electron chi connectivity index (χ1n) is 6.07. The van der Waals surface area contributed by atoms with E-state index in [1.54, 1.807) is 24.5 Å². The summed E-state index contributed by atoms with van der Waals surface area (Å²) < 4.78 is 27.3. The molecule has 1 unspecified atom stereocenters. The summed E-state index contributed by atoms with van der Waals surface area (Å²) in [6.45, 7) is 5.90. The Morgan fingerprint density at radius 1 is 1.26 bits per heavy atom. The molecule has 1 N–H and O–H groups in total. The molecule has 0 saturated carbocycles. The molecule has 0 fully saturated rings. The van der Waals surface area contributed by atoms with Gasteiger partial charge in [0.2, 0.25) is 0 Å². The van der Waals surface area contributed by atoms with E-state index in [0.29, 0.717) is 17.7 Å². The summed E-state index contributed by atoms with van der Waals surface area (Å²) in [5.41, 5.74) is 0.667. The van der Waals surface area contributed by atoms with Gasteiger partial charge in [0.1, 0.15) is 16.6 Å². The predicted molar refractivity (Wildman–Crippen MR) is 73.2 cm³/mol. The highest BCUT2D eigenvalue weighted by Crippen LogP contribution is 2.21. The Kier molecular flexibility index (Phi) is 4.27. The second kappa shape index (κ2) is 5.75. The van der Waals surface area contributed by atoms with Crippen LogP contribution in [0.1, 0.15) is 34.0 Å². The lowest BCUT2D eigenvalue weighted by Gasteiger charge is -2.15. The van der Waals surface area contributed by atoms with Crippen molar-refractivity contribution in [3.63, 3.8) is 0 Å². The Morgan fingerprint density at radius 2 is 2.00 bits per heavy atom. The number of nitrogens with one attached hydrogen (secondary N) is 1. The van der Waals surface area contributed by atoms with Crippen molar-refractivity contribution in [3.05, 3.63) is 51.0 Å². The quantitative estimate of drug-likeness (QED) is 0.920. The van der Waals surface area contributed by atoms with E-state index in [2.05, 4.69) is 10.3 Å². The second-order valence-corrected chi connectivity index (χ2v) is 5.91. The molecule has 0 aliphatic heterocycles. The van der Waals surface area contributed by atoms with E-state index in [-0.39, 0.29) is 17.7 Å². The third-order valence-corrected chi connectivity index (χ3v) is 3.89. The third kappa shape index (κ3) is 3.36. The molecule has 0 aliphatic carbocycles. The van der Waals surface area contributed by atoms with Crippen LogP contribution in [0.15, 0.2) is 18.3 Å². The van der Waals surface area contributed by atoms with Crippen molar-refractivity contribution in [2.75, 3.05) is 0 Å². The summed E-state index contributed by atoms with van der Waals surface area (Å²) >= 11 is 1.59. The minimum atomic E-state index is -0.380. The molecule has 5 heteroatoms. The van der Waals surface area contributed by atoms with Gasteiger partial charge in [0.15, 0.2) is 0 Å². The van der Waals surface area contributed by atoms with E-state index in [1.165, 1.54) is 12.1 Å². The van der Waals surface area contributed by atoms with Crippen molar-refractivity contribution in [1.29, 1.82) is 0 Å². The molecule has 102 valence electrons. The molecule has 1 aromatic carbocycles. The smallest absolute Gasteiger partial charge is 0.128 e. The lowest BCUT2D eigenvalue weighted by atomic mass is 10.1. The number of aryl methyl sites for hydroxylation is 2. The van der Waals surface area contributed by atoms with Gasteiger partial charge in [-0.2, -0.15) is 0 Å². The van der Waals surface area contributed by atoms with Gasteiger partial charge in [-0.1, -0.05) is 0 Å². The van der Waals surface area contributed by atoms with Crippen LogP contribution >= 0.6 is 11.3 Å². The highest BCUT2D eigenvalue weighted by Gasteiger charge is 2.14. The van der Waals surface area contributed by atoms with Gasteiger partial charge < -0.3 is 5.32 Å². The number of benzene rings is 1. The van der Waals surface area contributed by atoms with Gasteiger partial charge in [0.25, 0.3) is 0 Å². The van der Waals surface area contributed by atoms with Gasteiger partial charge in [-0.3, -0.25) is 0 Å². The Balaban J connectivity index is 2.07. The van der Waals surface area contributed by atoms with Crippen molar-refractivity contribution in [2.45, 2.75) is 33.4 Å². The van der Waals surface area contributed by atoms with Crippen LogP contribution in [-0.4, -0.2) is 4.98 Å². The first kappa shape index (κ1) is 14.1. The van der Waals surface area contributed by atoms with Gasteiger partial charge in [-0.15, -0.1) is 11.3 Å². The molecule has 2 rings (SSSR count). The topological polar surface area (TPSA) is 24.9 Å². The van der Waals surface area contributed by atoms with Crippen LogP contribution in [-0.2, 0) is 6.54 Å². The van der Waals surface area contributed by atoms with E-state index in [4.69, 9.17) is 0 Å². The van der Waals surface area contributed by atoms with Crippen LogP contribution in [0.25, 0.3) is 0 Å². The number of rotatable bonds is 4. The first-order chi connectivity index (χ1) is 8.97. The molecule has 2 aromatic rings. The largest absolute Gasteiger partial charge is 0.304 e. The Morgan fingerprint density at radius 3 is 2.63 bits per heavy atom. The summed E-state index contributed by atoms with van der Waals surface area (Å²) in [4.78, 5) is 5.36. The van der Waals surface area contributed by atoms with E-state index >= 15 is 0 Å². The highest BCUT2D eigenvalue weighted by molar-refractivity contribution is 7.11. The summed E-state index contributed by atoms with van der Waals surface area (Å²) in [7, 11) is 0. The molecular weight excluding hydrogens is 266 g/mol. The number of nitrogens with zero attached hydrogens (tertiary/aromatic N) is 1. The van der Waals surface area contributed by atoms with Crippen LogP contribution < -0.4 is 5.32 Å². The maximum atomic E-state index is 13.8. The molecule has 1 heterocycles. The average molecular weight is 282 g/mol. The molecule has 0 saturated heterocycles. The zero-order valence-corrected chi connectivity index (χ0v) is 11.9. The van der Waals surface area contributed by atoms with Crippen LogP contribution in [0.3, 0.4) is 0 Å². The second-order valence-electron chi connectivity index (χ2n) is 4.59. The molecule has 19 heavy (non-hydrogen) atoms. The Bertz CT molecular complexity index is 581. The molecule has 0 bridgehead atoms. The monoisotopic (exact) mass is 282 g/mol. The van der Waals surface area contributed by atoms with Gasteiger partial charge in [-0.25, -0.2) is 13.8 Å². The maximum Gasteiger partial charge on any atom is 0.128 e. The van der Waals surface area contributed by atoms with E-state index in [1.807, 2.05) is 13.8 Å². The summed E-state index contributed by atoms with van der Waals surface area (Å²) in [6, 6.07) is 2.23. The standard InChI is InChI=1S/C14H16F2N2S/c1-8-4-13(16)11(5-12(8)15)10(3)17-7-14-18-6-9(2)19-14/h4-6,10,17H,7H2,1-3H3. The van der Waals surface area contributed by atoms with Gasteiger partial charge in [0, 0.05) is 29.2 Å². The first-order valence-corrected chi connectivity index (χ1v) is 6.89. The van der Waals surface area contributed by atoms with Crippen molar-refractivity contribution < 1.29 is 8.78 Å². The lowest BCUT2D eigenvalue weighted by Crippen LogP contribution is -2.19. The van der Waals surface area contributed by atoms with E-state index in [0.717, 1.165) is 9.88 Å². The number of hydrogen-bond acceptors (Lipinski definition) is 3. The summed E-state index contributed by atoms with van der Waals surface area (Å²) in [5, 5.41) is 4.10. The normalized spacial score (nSPS) is 12.7. The molecule has 1 aromatic heterocycles. The minimum Gasteiger partial charge on any atom is -0.304 e. The zero-order chi connectivity index (χ0) is 14.0. The Hall–Kier alpha value is -1.33. The Labute approximate surface area is 115 Å². The van der Waals surface area contributed by atoms with Crippen molar-refractivity contribution in [3.8, 4) is 0 Å². The highest BCUT2D eigenvalue weighted by atomic mass is 32.1. The van der Waals surface area contributed by atoms with Crippen molar-refractivity contribution in [1.82, 2.24) is 10.3 Å². The number of aromatic nitrogens is 1. The van der Waals surface area contributed by atoms with E-state index < -0.39 is 0 Å². The number of thiazole rings is 1. The van der Waals surface area contributed by atoms with Crippen molar-refractivity contribution >= 4 is 11.3 Å². The van der Waals surface area contributed by atoms with E-state index in [9.17, 15) is 8.78 Å². The third-order valence-electron chi connectivity index (χ3n) is 2.97. The fraction of sp³-hybridized carbons (Fsp3) is 0.357. The number of halogens is 2. The molecule has 1 atom stereocenters. The summed E-state index contributed by atoms with van der Waals surface area (Å²) in [5.74, 6) is -0.760. The van der Waals surface area contributed by atoms with Crippen LogP contribution in [0.2, 0.25) is 0 Å². The van der Waals surface area contributed by atoms with Gasteiger partial charge in [-0.05, 0) is 38.5 Å².